The third kappa shape index (κ3) is 6.46. The number of carbonyl (C=O) groups excluding carboxylic acids is 3. The summed E-state index contributed by atoms with van der Waals surface area (Å²) in [6.45, 7) is 8.99. The molecule has 33 heavy (non-hydrogen) atoms. The largest absolute Gasteiger partial charge is 0.469 e. The van der Waals surface area contributed by atoms with Crippen molar-refractivity contribution in [3.8, 4) is 0 Å². The van der Waals surface area contributed by atoms with Crippen molar-refractivity contribution >= 4 is 24.4 Å². The van der Waals surface area contributed by atoms with E-state index in [9.17, 15) is 14.4 Å². The maximum absolute atomic E-state index is 12.5. The average Bonchev–Trinajstić information content (AvgIpc) is 3.15. The average molecular weight is 464 g/mol. The van der Waals surface area contributed by atoms with Crippen molar-refractivity contribution in [1.29, 1.82) is 0 Å². The van der Waals surface area contributed by atoms with E-state index in [4.69, 9.17) is 14.5 Å². The number of piperidine rings is 2. The number of hydrogen-bond acceptors (Lipinski definition) is 7. The minimum atomic E-state index is -0.530. The third-order valence-corrected chi connectivity index (χ3v) is 6.25. The van der Waals surface area contributed by atoms with Gasteiger partial charge in [0.05, 0.1) is 19.2 Å². The zero-order valence-corrected chi connectivity index (χ0v) is 20.2. The fourth-order valence-corrected chi connectivity index (χ4v) is 4.67. The van der Waals surface area contributed by atoms with Crippen molar-refractivity contribution in [3.63, 3.8) is 0 Å². The fraction of sp³-hybridized carbons (Fsp3) is 0.739. The second-order valence-corrected chi connectivity index (χ2v) is 9.71. The van der Waals surface area contributed by atoms with Gasteiger partial charge in [-0.05, 0) is 59.5 Å². The number of nitrogens with zero attached hydrogens (tertiary/aromatic N) is 3. The van der Waals surface area contributed by atoms with Crippen molar-refractivity contribution in [2.75, 3.05) is 38.6 Å². The van der Waals surface area contributed by atoms with Gasteiger partial charge in [-0.25, -0.2) is 9.78 Å². The first kappa shape index (κ1) is 25.0. The number of nitrogens with one attached hydrogen (secondary N) is 2. The summed E-state index contributed by atoms with van der Waals surface area (Å²) in [4.78, 5) is 42.3. The van der Waals surface area contributed by atoms with Crippen LogP contribution in [-0.2, 0) is 25.6 Å². The lowest BCUT2D eigenvalue weighted by atomic mass is 9.86. The molecular weight excluding hydrogens is 426 g/mol. The highest BCUT2D eigenvalue weighted by Gasteiger charge is 2.34. The van der Waals surface area contributed by atoms with Crippen LogP contribution < -0.4 is 10.6 Å². The van der Waals surface area contributed by atoms with Gasteiger partial charge in [0.15, 0.2) is 0 Å². The summed E-state index contributed by atoms with van der Waals surface area (Å²) < 4.78 is 12.3. The molecule has 10 heteroatoms. The van der Waals surface area contributed by atoms with E-state index < -0.39 is 5.60 Å². The van der Waals surface area contributed by atoms with E-state index in [1.54, 1.807) is 4.90 Å². The number of amides is 2. The molecule has 3 heterocycles. The first-order chi connectivity index (χ1) is 15.7. The minimum absolute atomic E-state index is 0.168. The lowest BCUT2D eigenvalue weighted by Gasteiger charge is -2.34. The molecule has 3 rings (SSSR count). The molecule has 0 unspecified atom stereocenters. The molecule has 2 aliphatic heterocycles. The highest BCUT2D eigenvalue weighted by Crippen LogP contribution is 2.38. The molecule has 0 saturated carbocycles. The normalized spacial score (nSPS) is 18.1. The van der Waals surface area contributed by atoms with E-state index in [0.717, 1.165) is 50.2 Å². The highest BCUT2D eigenvalue weighted by atomic mass is 16.6. The number of anilines is 1. The van der Waals surface area contributed by atoms with Gasteiger partial charge < -0.3 is 24.3 Å². The maximum Gasteiger partial charge on any atom is 0.410 e. The molecule has 2 saturated heterocycles. The van der Waals surface area contributed by atoms with Crippen LogP contribution in [0.3, 0.4) is 0 Å². The zero-order chi connectivity index (χ0) is 24.0. The quantitative estimate of drug-likeness (QED) is 0.472. The SMILES string of the molecule is COC(=O)CCn1c(NC=O)nc(C2CCNCC2)c1C1CCN(C(=O)OC(C)(C)C)CC1. The van der Waals surface area contributed by atoms with Gasteiger partial charge in [-0.2, -0.15) is 0 Å². The van der Waals surface area contributed by atoms with E-state index in [0.29, 0.717) is 32.0 Å². The number of esters is 1. The molecule has 10 nitrogen and oxygen atoms in total. The minimum Gasteiger partial charge on any atom is -0.469 e. The molecule has 1 aromatic rings. The summed E-state index contributed by atoms with van der Waals surface area (Å²) in [5.74, 6) is 0.611. The van der Waals surface area contributed by atoms with Gasteiger partial charge in [-0.3, -0.25) is 14.9 Å². The number of methoxy groups -OCH3 is 1. The number of aromatic nitrogens is 2. The molecule has 1 aromatic heterocycles. The molecular formula is C23H37N5O5. The van der Waals surface area contributed by atoms with Gasteiger partial charge in [-0.15, -0.1) is 0 Å². The highest BCUT2D eigenvalue weighted by molar-refractivity contribution is 5.70. The Morgan fingerprint density at radius 3 is 2.39 bits per heavy atom. The Labute approximate surface area is 195 Å². The van der Waals surface area contributed by atoms with Crippen LogP contribution >= 0.6 is 0 Å². The summed E-state index contributed by atoms with van der Waals surface area (Å²) in [7, 11) is 1.37. The second-order valence-electron chi connectivity index (χ2n) is 9.71. The van der Waals surface area contributed by atoms with Gasteiger partial charge in [0, 0.05) is 37.2 Å². The van der Waals surface area contributed by atoms with Crippen LogP contribution in [-0.4, -0.2) is 71.8 Å². The molecule has 2 aliphatic rings. The molecule has 2 N–H and O–H groups in total. The Balaban J connectivity index is 1.87. The predicted molar refractivity (Wildman–Crippen MR) is 123 cm³/mol. The van der Waals surface area contributed by atoms with Gasteiger partial charge >= 0.3 is 12.1 Å². The van der Waals surface area contributed by atoms with Crippen LogP contribution in [0, 0.1) is 0 Å². The number of ether oxygens (including phenoxy) is 2. The molecule has 184 valence electrons. The van der Waals surface area contributed by atoms with Crippen LogP contribution in [0.2, 0.25) is 0 Å². The van der Waals surface area contributed by atoms with E-state index in [2.05, 4.69) is 10.6 Å². The fourth-order valence-electron chi connectivity index (χ4n) is 4.67. The summed E-state index contributed by atoms with van der Waals surface area (Å²) in [5, 5.41) is 6.12. The Hall–Kier alpha value is -2.62. The summed E-state index contributed by atoms with van der Waals surface area (Å²) in [5.41, 5.74) is 1.54. The smallest absolute Gasteiger partial charge is 0.410 e. The molecule has 0 aliphatic carbocycles. The molecule has 0 spiro atoms. The number of rotatable bonds is 7. The number of hydrogen-bond donors (Lipinski definition) is 2. The molecule has 0 bridgehead atoms. The van der Waals surface area contributed by atoms with Crippen molar-refractivity contribution in [3.05, 3.63) is 11.4 Å². The van der Waals surface area contributed by atoms with Gasteiger partial charge in [0.2, 0.25) is 12.4 Å². The number of carbonyl (C=O) groups is 3. The lowest BCUT2D eigenvalue weighted by molar-refractivity contribution is -0.140. The number of imidazole rings is 1. The summed E-state index contributed by atoms with van der Waals surface area (Å²) in [6, 6.07) is 0. The molecule has 0 aromatic carbocycles. The predicted octanol–water partition coefficient (Wildman–Crippen LogP) is 2.60. The van der Waals surface area contributed by atoms with Crippen molar-refractivity contribution < 1.29 is 23.9 Å². The summed E-state index contributed by atoms with van der Waals surface area (Å²) in [6.07, 6.45) is 4.00. The first-order valence-corrected chi connectivity index (χ1v) is 11.8. The van der Waals surface area contributed by atoms with Crippen molar-refractivity contribution in [1.82, 2.24) is 19.8 Å². The van der Waals surface area contributed by atoms with Crippen LogP contribution in [0.5, 0.6) is 0 Å². The molecule has 0 radical (unpaired) electrons. The van der Waals surface area contributed by atoms with Gasteiger partial charge in [-0.1, -0.05) is 0 Å². The van der Waals surface area contributed by atoms with Crippen LogP contribution in [0.15, 0.2) is 0 Å². The van der Waals surface area contributed by atoms with E-state index in [1.807, 2.05) is 25.3 Å². The topological polar surface area (TPSA) is 115 Å². The van der Waals surface area contributed by atoms with Crippen LogP contribution in [0.1, 0.15) is 76.1 Å². The molecule has 2 fully saturated rings. The Morgan fingerprint density at radius 2 is 1.82 bits per heavy atom. The van der Waals surface area contributed by atoms with E-state index >= 15 is 0 Å². The van der Waals surface area contributed by atoms with Crippen LogP contribution in [0.4, 0.5) is 10.7 Å². The van der Waals surface area contributed by atoms with Crippen LogP contribution in [0.25, 0.3) is 0 Å². The van der Waals surface area contributed by atoms with Crippen molar-refractivity contribution in [2.45, 2.75) is 76.9 Å². The second kappa shape index (κ2) is 11.0. The van der Waals surface area contributed by atoms with Gasteiger partial charge in [0.25, 0.3) is 0 Å². The van der Waals surface area contributed by atoms with Crippen molar-refractivity contribution in [2.24, 2.45) is 0 Å². The standard InChI is InChI=1S/C23H37N5O5/c1-23(2,3)33-22(31)27-12-7-17(8-13-27)20-19(16-5-10-24-11-6-16)26-21(25-15-29)28(20)14-9-18(30)32-4/h15-17,24H,5-14H2,1-4H3,(H,25,26,29). The van der Waals surface area contributed by atoms with Gasteiger partial charge in [0.1, 0.15) is 5.60 Å². The maximum atomic E-state index is 12.5. The monoisotopic (exact) mass is 463 g/mol. The zero-order valence-electron chi connectivity index (χ0n) is 20.2. The van der Waals surface area contributed by atoms with E-state index in [-0.39, 0.29) is 30.3 Å². The third-order valence-electron chi connectivity index (χ3n) is 6.25. The Bertz CT molecular complexity index is 833. The Kier molecular flexibility index (Phi) is 8.34. The lowest BCUT2D eigenvalue weighted by Crippen LogP contribution is -2.41. The Morgan fingerprint density at radius 1 is 1.15 bits per heavy atom. The molecule has 0 atom stereocenters. The van der Waals surface area contributed by atoms with E-state index in [1.165, 1.54) is 7.11 Å². The number of likely N-dealkylation sites (tertiary alicyclic amines) is 1. The summed E-state index contributed by atoms with van der Waals surface area (Å²) >= 11 is 0. The first-order valence-electron chi connectivity index (χ1n) is 11.8. The molecule has 2 amide bonds.